The molecule has 1 saturated heterocycles. The molecule has 1 aromatic rings. The highest BCUT2D eigenvalue weighted by Crippen LogP contribution is 2.31. The largest absolute Gasteiger partial charge is 0.490 e. The standard InChI is InChI=1S/C16H24FNO2/c1-9-5-16(14(12(4)18)8-15(9)17)20-13-6-10(2)19-11(3)7-13/h5,8,10-13H,6-7,18H2,1-4H3. The summed E-state index contributed by atoms with van der Waals surface area (Å²) < 4.78 is 25.5. The lowest BCUT2D eigenvalue weighted by atomic mass is 10.0. The zero-order chi connectivity index (χ0) is 14.9. The molecule has 1 fully saturated rings. The van der Waals surface area contributed by atoms with Crippen molar-refractivity contribution in [2.75, 3.05) is 0 Å². The van der Waals surface area contributed by atoms with Crippen molar-refractivity contribution in [1.29, 1.82) is 0 Å². The number of hydrogen-bond acceptors (Lipinski definition) is 3. The predicted octanol–water partition coefficient (Wildman–Crippen LogP) is 3.49. The first kappa shape index (κ1) is 15.3. The van der Waals surface area contributed by atoms with Gasteiger partial charge in [0, 0.05) is 24.4 Å². The van der Waals surface area contributed by atoms with E-state index in [0.717, 1.165) is 18.4 Å². The second kappa shape index (κ2) is 6.10. The highest BCUT2D eigenvalue weighted by molar-refractivity contribution is 5.40. The number of benzene rings is 1. The summed E-state index contributed by atoms with van der Waals surface area (Å²) in [6, 6.07) is 2.98. The molecule has 20 heavy (non-hydrogen) atoms. The van der Waals surface area contributed by atoms with Gasteiger partial charge in [0.1, 0.15) is 17.7 Å². The minimum Gasteiger partial charge on any atom is -0.490 e. The van der Waals surface area contributed by atoms with E-state index in [0.29, 0.717) is 11.3 Å². The molecule has 0 amide bonds. The molecular weight excluding hydrogens is 257 g/mol. The van der Waals surface area contributed by atoms with Crippen LogP contribution in [0, 0.1) is 12.7 Å². The molecular formula is C16H24FNO2. The number of nitrogens with two attached hydrogens (primary N) is 1. The first-order valence-corrected chi connectivity index (χ1v) is 7.24. The third kappa shape index (κ3) is 3.49. The molecule has 0 bridgehead atoms. The lowest BCUT2D eigenvalue weighted by molar-refractivity contribution is -0.0723. The van der Waals surface area contributed by atoms with Crippen LogP contribution < -0.4 is 10.5 Å². The SMILES string of the molecule is Cc1cc(OC2CC(C)OC(C)C2)c(C(C)N)cc1F. The van der Waals surface area contributed by atoms with E-state index >= 15 is 0 Å². The van der Waals surface area contributed by atoms with E-state index in [4.69, 9.17) is 15.2 Å². The Kier molecular flexibility index (Phi) is 4.66. The van der Waals surface area contributed by atoms with Crippen LogP contribution in [-0.2, 0) is 4.74 Å². The van der Waals surface area contributed by atoms with Crippen LogP contribution in [0.3, 0.4) is 0 Å². The fraction of sp³-hybridized carbons (Fsp3) is 0.625. The third-order valence-corrected chi connectivity index (χ3v) is 3.73. The molecule has 0 aliphatic carbocycles. The quantitative estimate of drug-likeness (QED) is 0.922. The average Bonchev–Trinajstić information content (AvgIpc) is 2.31. The predicted molar refractivity (Wildman–Crippen MR) is 77.4 cm³/mol. The van der Waals surface area contributed by atoms with E-state index in [-0.39, 0.29) is 30.2 Å². The van der Waals surface area contributed by atoms with Crippen LogP contribution in [0.1, 0.15) is 50.8 Å². The lowest BCUT2D eigenvalue weighted by Gasteiger charge is -2.33. The second-order valence-electron chi connectivity index (χ2n) is 5.90. The maximum Gasteiger partial charge on any atom is 0.126 e. The molecule has 2 rings (SSSR count). The molecule has 0 spiro atoms. The van der Waals surface area contributed by atoms with Crippen molar-refractivity contribution in [3.63, 3.8) is 0 Å². The van der Waals surface area contributed by atoms with Gasteiger partial charge in [-0.3, -0.25) is 0 Å². The van der Waals surface area contributed by atoms with Crippen molar-refractivity contribution in [1.82, 2.24) is 0 Å². The summed E-state index contributed by atoms with van der Waals surface area (Å²) in [6.45, 7) is 7.68. The van der Waals surface area contributed by atoms with Crippen molar-refractivity contribution in [3.05, 3.63) is 29.1 Å². The highest BCUT2D eigenvalue weighted by atomic mass is 19.1. The van der Waals surface area contributed by atoms with Crippen LogP contribution in [0.15, 0.2) is 12.1 Å². The van der Waals surface area contributed by atoms with Gasteiger partial charge in [-0.15, -0.1) is 0 Å². The summed E-state index contributed by atoms with van der Waals surface area (Å²) in [5, 5.41) is 0. The molecule has 3 unspecified atom stereocenters. The molecule has 112 valence electrons. The van der Waals surface area contributed by atoms with Crippen molar-refractivity contribution in [2.24, 2.45) is 5.73 Å². The molecule has 1 aromatic carbocycles. The van der Waals surface area contributed by atoms with Crippen LogP contribution in [0.25, 0.3) is 0 Å². The van der Waals surface area contributed by atoms with Gasteiger partial charge >= 0.3 is 0 Å². The van der Waals surface area contributed by atoms with Crippen molar-refractivity contribution >= 4 is 0 Å². The molecule has 1 aliphatic rings. The maximum absolute atomic E-state index is 13.7. The monoisotopic (exact) mass is 281 g/mol. The Balaban J connectivity index is 2.21. The summed E-state index contributed by atoms with van der Waals surface area (Å²) in [5.74, 6) is 0.462. The lowest BCUT2D eigenvalue weighted by Crippen LogP contribution is -2.36. The van der Waals surface area contributed by atoms with Crippen molar-refractivity contribution in [2.45, 2.75) is 64.9 Å². The van der Waals surface area contributed by atoms with Crippen LogP contribution in [0.5, 0.6) is 5.75 Å². The van der Waals surface area contributed by atoms with E-state index < -0.39 is 0 Å². The van der Waals surface area contributed by atoms with Crippen LogP contribution in [-0.4, -0.2) is 18.3 Å². The molecule has 3 atom stereocenters. The number of ether oxygens (including phenoxy) is 2. The second-order valence-corrected chi connectivity index (χ2v) is 5.90. The Labute approximate surface area is 120 Å². The summed E-state index contributed by atoms with van der Waals surface area (Å²) >= 11 is 0. The summed E-state index contributed by atoms with van der Waals surface area (Å²) in [7, 11) is 0. The Morgan fingerprint density at radius 3 is 2.45 bits per heavy atom. The van der Waals surface area contributed by atoms with Gasteiger partial charge in [0.25, 0.3) is 0 Å². The Bertz CT molecular complexity index is 466. The fourth-order valence-corrected chi connectivity index (χ4v) is 2.75. The maximum atomic E-state index is 13.7. The van der Waals surface area contributed by atoms with Gasteiger partial charge < -0.3 is 15.2 Å². The topological polar surface area (TPSA) is 44.5 Å². The first-order chi connectivity index (χ1) is 9.36. The number of aryl methyl sites for hydroxylation is 1. The van der Waals surface area contributed by atoms with E-state index in [1.165, 1.54) is 6.07 Å². The molecule has 2 N–H and O–H groups in total. The Hall–Kier alpha value is -1.13. The molecule has 0 saturated carbocycles. The van der Waals surface area contributed by atoms with E-state index in [1.807, 2.05) is 20.8 Å². The smallest absolute Gasteiger partial charge is 0.126 e. The number of halogens is 1. The fourth-order valence-electron chi connectivity index (χ4n) is 2.75. The minimum absolute atomic E-state index is 0.0936. The summed E-state index contributed by atoms with van der Waals surface area (Å²) in [4.78, 5) is 0. The normalized spacial score (nSPS) is 28.2. The van der Waals surface area contributed by atoms with Gasteiger partial charge in [0.2, 0.25) is 0 Å². The van der Waals surface area contributed by atoms with E-state index in [1.54, 1.807) is 13.0 Å². The van der Waals surface area contributed by atoms with Gasteiger partial charge in [-0.2, -0.15) is 0 Å². The van der Waals surface area contributed by atoms with Gasteiger partial charge in [0.15, 0.2) is 0 Å². The van der Waals surface area contributed by atoms with E-state index in [2.05, 4.69) is 0 Å². The van der Waals surface area contributed by atoms with Gasteiger partial charge in [-0.05, 0) is 45.4 Å². The molecule has 0 aromatic heterocycles. The molecule has 0 radical (unpaired) electrons. The number of rotatable bonds is 3. The average molecular weight is 281 g/mol. The van der Waals surface area contributed by atoms with Crippen LogP contribution in [0.2, 0.25) is 0 Å². The minimum atomic E-state index is -0.255. The third-order valence-electron chi connectivity index (χ3n) is 3.73. The molecule has 1 heterocycles. The Morgan fingerprint density at radius 2 is 1.90 bits per heavy atom. The molecule has 1 aliphatic heterocycles. The van der Waals surface area contributed by atoms with Crippen LogP contribution in [0.4, 0.5) is 4.39 Å². The van der Waals surface area contributed by atoms with Gasteiger partial charge in [-0.1, -0.05) is 0 Å². The van der Waals surface area contributed by atoms with E-state index in [9.17, 15) is 4.39 Å². The zero-order valence-corrected chi connectivity index (χ0v) is 12.7. The summed E-state index contributed by atoms with van der Waals surface area (Å²) in [6.07, 6.45) is 2.15. The Morgan fingerprint density at radius 1 is 1.30 bits per heavy atom. The highest BCUT2D eigenvalue weighted by Gasteiger charge is 2.27. The first-order valence-electron chi connectivity index (χ1n) is 7.24. The zero-order valence-electron chi connectivity index (χ0n) is 12.7. The molecule has 4 heteroatoms. The number of hydrogen-bond donors (Lipinski definition) is 1. The van der Waals surface area contributed by atoms with Gasteiger partial charge in [-0.25, -0.2) is 4.39 Å². The van der Waals surface area contributed by atoms with Gasteiger partial charge in [0.05, 0.1) is 12.2 Å². The van der Waals surface area contributed by atoms with Crippen molar-refractivity contribution < 1.29 is 13.9 Å². The van der Waals surface area contributed by atoms with Crippen LogP contribution >= 0.6 is 0 Å². The van der Waals surface area contributed by atoms with Crippen molar-refractivity contribution in [3.8, 4) is 5.75 Å². The molecule has 3 nitrogen and oxygen atoms in total. The summed E-state index contributed by atoms with van der Waals surface area (Å²) in [5.41, 5.74) is 7.23.